The maximum atomic E-state index is 12.7. The predicted molar refractivity (Wildman–Crippen MR) is 125 cm³/mol. The minimum atomic E-state index is -0.388. The first-order valence-corrected chi connectivity index (χ1v) is 11.3. The highest BCUT2D eigenvalue weighted by Gasteiger charge is 2.26. The molecule has 0 bridgehead atoms. The SMILES string of the molecule is CCOC(=O)c1cnc2nc(C)ccc2c1NC1CCc2nnc(Cc3ccccc3)n2C1. The smallest absolute Gasteiger partial charge is 0.341 e. The fraction of sp³-hybridized carbons (Fsp3) is 0.320. The van der Waals surface area contributed by atoms with Crippen LogP contribution in [0.4, 0.5) is 5.69 Å². The molecule has 1 aliphatic heterocycles. The summed E-state index contributed by atoms with van der Waals surface area (Å²) in [5, 5.41) is 13.3. The van der Waals surface area contributed by atoms with Gasteiger partial charge in [-0.15, -0.1) is 10.2 Å². The van der Waals surface area contributed by atoms with Crippen LogP contribution in [-0.4, -0.2) is 43.4 Å². The van der Waals surface area contributed by atoms with Crippen LogP contribution in [0.1, 0.15) is 46.6 Å². The Bertz CT molecular complexity index is 1300. The molecule has 1 aromatic carbocycles. The highest BCUT2D eigenvalue weighted by molar-refractivity contribution is 6.04. The lowest BCUT2D eigenvalue weighted by Gasteiger charge is -2.27. The number of anilines is 1. The number of aromatic nitrogens is 5. The zero-order chi connectivity index (χ0) is 22.8. The standard InChI is InChI=1S/C25H26N6O2/c1-3-33-25(32)20-14-26-24-19(11-9-16(2)27-24)23(20)28-18-10-12-21-29-30-22(31(21)15-18)13-17-7-5-4-6-8-17/h4-9,11,14,18H,3,10,12-13,15H2,1-2H3,(H,26,27,28). The molecule has 0 saturated heterocycles. The van der Waals surface area contributed by atoms with Gasteiger partial charge in [0.1, 0.15) is 17.2 Å². The number of hydrogen-bond acceptors (Lipinski definition) is 7. The van der Waals surface area contributed by atoms with Crippen molar-refractivity contribution in [2.75, 3.05) is 11.9 Å². The summed E-state index contributed by atoms with van der Waals surface area (Å²) >= 11 is 0. The van der Waals surface area contributed by atoms with E-state index in [-0.39, 0.29) is 12.0 Å². The first-order chi connectivity index (χ1) is 16.1. The van der Waals surface area contributed by atoms with E-state index in [0.717, 1.165) is 54.2 Å². The van der Waals surface area contributed by atoms with E-state index in [0.29, 0.717) is 17.8 Å². The third-order valence-corrected chi connectivity index (χ3v) is 5.94. The van der Waals surface area contributed by atoms with E-state index in [4.69, 9.17) is 4.74 Å². The monoisotopic (exact) mass is 442 g/mol. The normalized spacial score (nSPS) is 15.3. The second-order valence-corrected chi connectivity index (χ2v) is 8.28. The van der Waals surface area contributed by atoms with Gasteiger partial charge in [-0.05, 0) is 38.0 Å². The number of carbonyl (C=O) groups excluding carboxylic acids is 1. The maximum absolute atomic E-state index is 12.7. The van der Waals surface area contributed by atoms with E-state index < -0.39 is 0 Å². The molecular formula is C25H26N6O2. The van der Waals surface area contributed by atoms with Gasteiger partial charge in [0, 0.05) is 42.7 Å². The fourth-order valence-electron chi connectivity index (χ4n) is 4.31. The molecule has 0 fully saturated rings. The van der Waals surface area contributed by atoms with Gasteiger partial charge in [0.15, 0.2) is 5.65 Å². The van der Waals surface area contributed by atoms with Crippen molar-refractivity contribution in [2.45, 2.75) is 45.7 Å². The molecule has 1 aliphatic rings. The number of hydrogen-bond donors (Lipinski definition) is 1. The number of benzene rings is 1. The zero-order valence-electron chi connectivity index (χ0n) is 18.8. The Morgan fingerprint density at radius 2 is 2.03 bits per heavy atom. The average molecular weight is 443 g/mol. The van der Waals surface area contributed by atoms with E-state index in [9.17, 15) is 4.79 Å². The van der Waals surface area contributed by atoms with Gasteiger partial charge in [-0.2, -0.15) is 0 Å². The summed E-state index contributed by atoms with van der Waals surface area (Å²) in [7, 11) is 0. The molecule has 3 aromatic heterocycles. The second-order valence-electron chi connectivity index (χ2n) is 8.28. The van der Waals surface area contributed by atoms with Gasteiger partial charge in [-0.1, -0.05) is 30.3 Å². The number of ether oxygens (including phenoxy) is 1. The van der Waals surface area contributed by atoms with Crippen molar-refractivity contribution in [1.29, 1.82) is 0 Å². The summed E-state index contributed by atoms with van der Waals surface area (Å²) in [6.45, 7) is 4.75. The summed E-state index contributed by atoms with van der Waals surface area (Å²) in [6, 6.07) is 14.3. The van der Waals surface area contributed by atoms with Crippen molar-refractivity contribution in [3.05, 3.63) is 77.1 Å². The average Bonchev–Trinajstić information content (AvgIpc) is 3.22. The lowest BCUT2D eigenvalue weighted by Crippen LogP contribution is -2.33. The Kier molecular flexibility index (Phi) is 5.73. The first-order valence-electron chi connectivity index (χ1n) is 11.3. The third-order valence-electron chi connectivity index (χ3n) is 5.94. The van der Waals surface area contributed by atoms with Crippen molar-refractivity contribution >= 4 is 22.7 Å². The van der Waals surface area contributed by atoms with Gasteiger partial charge in [-0.25, -0.2) is 14.8 Å². The third kappa shape index (κ3) is 4.28. The molecule has 8 nitrogen and oxygen atoms in total. The van der Waals surface area contributed by atoms with E-state index in [1.165, 1.54) is 5.56 Å². The molecule has 4 heterocycles. The predicted octanol–water partition coefficient (Wildman–Crippen LogP) is 3.72. The van der Waals surface area contributed by atoms with Gasteiger partial charge in [0.05, 0.1) is 12.3 Å². The highest BCUT2D eigenvalue weighted by Crippen LogP contribution is 2.29. The minimum Gasteiger partial charge on any atom is -0.462 e. The number of pyridine rings is 2. The molecule has 0 amide bonds. The largest absolute Gasteiger partial charge is 0.462 e. The number of aryl methyl sites for hydroxylation is 2. The number of nitrogens with zero attached hydrogens (tertiary/aromatic N) is 5. The maximum Gasteiger partial charge on any atom is 0.341 e. The van der Waals surface area contributed by atoms with Crippen LogP contribution in [0.5, 0.6) is 0 Å². The number of fused-ring (bicyclic) bond motifs is 2. The van der Waals surface area contributed by atoms with Gasteiger partial charge in [-0.3, -0.25) is 0 Å². The van der Waals surface area contributed by atoms with Crippen LogP contribution >= 0.6 is 0 Å². The van der Waals surface area contributed by atoms with E-state index in [2.05, 4.69) is 42.2 Å². The molecule has 0 radical (unpaired) electrons. The zero-order valence-corrected chi connectivity index (χ0v) is 18.8. The Morgan fingerprint density at radius 1 is 1.18 bits per heavy atom. The van der Waals surface area contributed by atoms with Crippen molar-refractivity contribution < 1.29 is 9.53 Å². The Hall–Kier alpha value is -3.81. The van der Waals surface area contributed by atoms with Crippen LogP contribution in [0.3, 0.4) is 0 Å². The molecular weight excluding hydrogens is 416 g/mol. The summed E-state index contributed by atoms with van der Waals surface area (Å²) in [4.78, 5) is 21.6. The molecule has 1 atom stereocenters. The second kappa shape index (κ2) is 8.97. The fourth-order valence-corrected chi connectivity index (χ4v) is 4.31. The quantitative estimate of drug-likeness (QED) is 0.455. The molecule has 8 heteroatoms. The number of nitrogens with one attached hydrogen (secondary N) is 1. The van der Waals surface area contributed by atoms with Crippen LogP contribution in [0.25, 0.3) is 11.0 Å². The highest BCUT2D eigenvalue weighted by atomic mass is 16.5. The lowest BCUT2D eigenvalue weighted by molar-refractivity contribution is 0.0527. The lowest BCUT2D eigenvalue weighted by atomic mass is 10.0. The van der Waals surface area contributed by atoms with Crippen molar-refractivity contribution in [2.24, 2.45) is 0 Å². The van der Waals surface area contributed by atoms with Crippen molar-refractivity contribution in [1.82, 2.24) is 24.7 Å². The van der Waals surface area contributed by atoms with Crippen LogP contribution in [-0.2, 0) is 24.1 Å². The number of rotatable bonds is 6. The Morgan fingerprint density at radius 3 is 2.85 bits per heavy atom. The number of esters is 1. The van der Waals surface area contributed by atoms with Gasteiger partial charge in [0.2, 0.25) is 0 Å². The summed E-state index contributed by atoms with van der Waals surface area (Å²) < 4.78 is 7.49. The molecule has 0 aliphatic carbocycles. The summed E-state index contributed by atoms with van der Waals surface area (Å²) in [5.74, 6) is 1.56. The summed E-state index contributed by atoms with van der Waals surface area (Å²) in [6.07, 6.45) is 3.99. The Labute approximate surface area is 192 Å². The molecule has 1 N–H and O–H groups in total. The topological polar surface area (TPSA) is 94.8 Å². The van der Waals surface area contributed by atoms with Crippen LogP contribution in [0, 0.1) is 6.92 Å². The van der Waals surface area contributed by atoms with Gasteiger partial charge < -0.3 is 14.6 Å². The summed E-state index contributed by atoms with van der Waals surface area (Å²) in [5.41, 5.74) is 3.83. The van der Waals surface area contributed by atoms with Crippen molar-refractivity contribution in [3.63, 3.8) is 0 Å². The van der Waals surface area contributed by atoms with E-state index in [1.54, 1.807) is 13.1 Å². The molecule has 168 valence electrons. The van der Waals surface area contributed by atoms with Gasteiger partial charge >= 0.3 is 5.97 Å². The van der Waals surface area contributed by atoms with E-state index >= 15 is 0 Å². The molecule has 0 saturated carbocycles. The van der Waals surface area contributed by atoms with Crippen LogP contribution in [0.2, 0.25) is 0 Å². The van der Waals surface area contributed by atoms with Crippen LogP contribution < -0.4 is 5.32 Å². The van der Waals surface area contributed by atoms with Gasteiger partial charge in [0.25, 0.3) is 0 Å². The van der Waals surface area contributed by atoms with Crippen LogP contribution in [0.15, 0.2) is 48.7 Å². The minimum absolute atomic E-state index is 0.100. The van der Waals surface area contributed by atoms with E-state index in [1.807, 2.05) is 37.3 Å². The Balaban J connectivity index is 1.46. The molecule has 5 rings (SSSR count). The first kappa shape index (κ1) is 21.1. The molecule has 1 unspecified atom stereocenters. The molecule has 0 spiro atoms. The number of carbonyl (C=O) groups is 1. The van der Waals surface area contributed by atoms with Crippen molar-refractivity contribution in [3.8, 4) is 0 Å². The molecule has 4 aromatic rings. The molecule has 33 heavy (non-hydrogen) atoms.